The van der Waals surface area contributed by atoms with Gasteiger partial charge in [-0.15, -0.1) is 0 Å². The topological polar surface area (TPSA) is 75.3 Å². The first-order chi connectivity index (χ1) is 12.2. The number of ether oxygens (including phenoxy) is 2. The van der Waals surface area contributed by atoms with Crippen LogP contribution in [0.4, 0.5) is 11.6 Å². The largest absolute Gasteiger partial charge is 0.497 e. The Labute approximate surface area is 145 Å². The van der Waals surface area contributed by atoms with Crippen molar-refractivity contribution in [3.05, 3.63) is 54.2 Å². The average molecular weight is 337 g/mol. The third-order valence-corrected chi connectivity index (χ3v) is 4.04. The molecule has 128 valence electrons. The maximum absolute atomic E-state index is 5.36. The summed E-state index contributed by atoms with van der Waals surface area (Å²) in [4.78, 5) is 6.85. The Bertz CT molecular complexity index is 934. The zero-order chi connectivity index (χ0) is 17.2. The number of fused-ring (bicyclic) bond motifs is 1. The summed E-state index contributed by atoms with van der Waals surface area (Å²) in [7, 11) is 1.67. The van der Waals surface area contributed by atoms with Crippen LogP contribution in [-0.2, 0) is 11.3 Å². The van der Waals surface area contributed by atoms with Gasteiger partial charge in [-0.1, -0.05) is 0 Å². The molecular formula is C18H19N5O2. The minimum Gasteiger partial charge on any atom is -0.497 e. The van der Waals surface area contributed by atoms with E-state index in [0.717, 1.165) is 39.5 Å². The van der Waals surface area contributed by atoms with Crippen LogP contribution in [0.25, 0.3) is 10.8 Å². The van der Waals surface area contributed by atoms with Crippen molar-refractivity contribution in [2.45, 2.75) is 13.5 Å². The number of nitrogens with one attached hydrogen (secondary N) is 2. The van der Waals surface area contributed by atoms with E-state index in [4.69, 9.17) is 14.5 Å². The predicted molar refractivity (Wildman–Crippen MR) is 95.5 cm³/mol. The smallest absolute Gasteiger partial charge is 0.160 e. The highest BCUT2D eigenvalue weighted by atomic mass is 16.5. The predicted octanol–water partition coefficient (Wildman–Crippen LogP) is 3.28. The maximum Gasteiger partial charge on any atom is 0.160 e. The van der Waals surface area contributed by atoms with Crippen LogP contribution in [0.5, 0.6) is 5.75 Å². The summed E-state index contributed by atoms with van der Waals surface area (Å²) in [6, 6.07) is 9.95. The summed E-state index contributed by atoms with van der Waals surface area (Å²) in [6.07, 6.45) is 3.62. The van der Waals surface area contributed by atoms with Crippen molar-refractivity contribution in [2.24, 2.45) is 0 Å². The minimum absolute atomic E-state index is 0.537. The normalized spacial score (nSPS) is 13.3. The first kappa shape index (κ1) is 15.3. The molecule has 0 saturated carbocycles. The summed E-state index contributed by atoms with van der Waals surface area (Å²) >= 11 is 0. The molecule has 7 nitrogen and oxygen atoms in total. The van der Waals surface area contributed by atoms with Gasteiger partial charge in [-0.05, 0) is 36.6 Å². The van der Waals surface area contributed by atoms with E-state index in [1.807, 2.05) is 43.5 Å². The molecule has 3 heterocycles. The monoisotopic (exact) mass is 337 g/mol. The van der Waals surface area contributed by atoms with Gasteiger partial charge in [-0.2, -0.15) is 5.10 Å². The summed E-state index contributed by atoms with van der Waals surface area (Å²) < 4.78 is 10.6. The number of benzene rings is 1. The second-order valence-electron chi connectivity index (χ2n) is 5.93. The summed E-state index contributed by atoms with van der Waals surface area (Å²) in [5.74, 6) is 2.30. The van der Waals surface area contributed by atoms with Gasteiger partial charge < -0.3 is 19.7 Å². The van der Waals surface area contributed by atoms with E-state index in [9.17, 15) is 0 Å². The van der Waals surface area contributed by atoms with Gasteiger partial charge in [0.1, 0.15) is 17.8 Å². The fourth-order valence-electron chi connectivity index (χ4n) is 2.83. The maximum atomic E-state index is 5.36. The zero-order valence-electron chi connectivity index (χ0n) is 14.1. The standard InChI is InChI=1S/C18H19N5O2/c1-12-7-18(22-21-12)20-17-9-13-8-14(24-2)3-4-15(13)16(19-17)10-23-5-6-25-11-23/h3-9H,10-11H2,1-2H3,(H2,19,20,21,22). The lowest BCUT2D eigenvalue weighted by Gasteiger charge is -2.16. The number of H-pyrrole nitrogens is 1. The van der Waals surface area contributed by atoms with Gasteiger partial charge >= 0.3 is 0 Å². The summed E-state index contributed by atoms with van der Waals surface area (Å²) in [5, 5.41) is 12.5. The highest BCUT2D eigenvalue weighted by Gasteiger charge is 2.13. The van der Waals surface area contributed by atoms with Gasteiger partial charge in [0.05, 0.1) is 19.3 Å². The molecule has 0 atom stereocenters. The molecule has 0 radical (unpaired) electrons. The van der Waals surface area contributed by atoms with Crippen molar-refractivity contribution in [3.8, 4) is 5.75 Å². The van der Waals surface area contributed by atoms with Gasteiger partial charge in [0.25, 0.3) is 0 Å². The number of aromatic nitrogens is 3. The van der Waals surface area contributed by atoms with Gasteiger partial charge in [0, 0.05) is 23.3 Å². The number of rotatable bonds is 5. The quantitative estimate of drug-likeness (QED) is 0.744. The number of hydrogen-bond donors (Lipinski definition) is 2. The number of nitrogens with zero attached hydrogens (tertiary/aromatic N) is 3. The minimum atomic E-state index is 0.537. The molecule has 3 aromatic rings. The molecule has 1 aliphatic heterocycles. The highest BCUT2D eigenvalue weighted by Crippen LogP contribution is 2.27. The fourth-order valence-corrected chi connectivity index (χ4v) is 2.83. The van der Waals surface area contributed by atoms with E-state index >= 15 is 0 Å². The number of aromatic amines is 1. The molecule has 0 spiro atoms. The Morgan fingerprint density at radius 1 is 1.28 bits per heavy atom. The molecule has 2 N–H and O–H groups in total. The molecule has 0 fully saturated rings. The third kappa shape index (κ3) is 3.21. The molecule has 4 rings (SSSR count). The zero-order valence-corrected chi connectivity index (χ0v) is 14.1. The van der Waals surface area contributed by atoms with E-state index in [2.05, 4.69) is 20.4 Å². The van der Waals surface area contributed by atoms with Crippen LogP contribution in [0.3, 0.4) is 0 Å². The fraction of sp³-hybridized carbons (Fsp3) is 0.222. The van der Waals surface area contributed by atoms with Crippen LogP contribution >= 0.6 is 0 Å². The van der Waals surface area contributed by atoms with E-state index in [1.54, 1.807) is 13.4 Å². The highest BCUT2D eigenvalue weighted by molar-refractivity contribution is 5.88. The summed E-state index contributed by atoms with van der Waals surface area (Å²) in [5.41, 5.74) is 1.95. The lowest BCUT2D eigenvalue weighted by atomic mass is 10.1. The average Bonchev–Trinajstić information content (AvgIpc) is 3.26. The Balaban J connectivity index is 1.74. The molecule has 25 heavy (non-hydrogen) atoms. The number of hydrogen-bond acceptors (Lipinski definition) is 6. The van der Waals surface area contributed by atoms with Crippen molar-refractivity contribution < 1.29 is 9.47 Å². The molecule has 7 heteroatoms. The van der Waals surface area contributed by atoms with Crippen molar-refractivity contribution in [2.75, 3.05) is 19.2 Å². The van der Waals surface area contributed by atoms with Crippen LogP contribution < -0.4 is 10.1 Å². The van der Waals surface area contributed by atoms with Crippen LogP contribution in [0, 0.1) is 6.92 Å². The van der Waals surface area contributed by atoms with Crippen molar-refractivity contribution in [3.63, 3.8) is 0 Å². The second kappa shape index (κ2) is 6.35. The molecule has 0 saturated heterocycles. The molecule has 0 amide bonds. The molecular weight excluding hydrogens is 318 g/mol. The molecule has 1 aromatic carbocycles. The van der Waals surface area contributed by atoms with Crippen LogP contribution in [0.15, 0.2) is 42.8 Å². The van der Waals surface area contributed by atoms with Crippen LogP contribution in [0.1, 0.15) is 11.4 Å². The number of aryl methyl sites for hydroxylation is 1. The Hall–Kier alpha value is -3.22. The number of methoxy groups -OCH3 is 1. The molecule has 2 aromatic heterocycles. The van der Waals surface area contributed by atoms with E-state index < -0.39 is 0 Å². The summed E-state index contributed by atoms with van der Waals surface area (Å²) in [6.45, 7) is 3.16. The Morgan fingerprint density at radius 3 is 2.92 bits per heavy atom. The van der Waals surface area contributed by atoms with E-state index in [1.165, 1.54) is 0 Å². The molecule has 0 unspecified atom stereocenters. The van der Waals surface area contributed by atoms with E-state index in [-0.39, 0.29) is 0 Å². The number of anilines is 2. The lowest BCUT2D eigenvalue weighted by molar-refractivity contribution is 0.166. The number of pyridine rings is 1. The van der Waals surface area contributed by atoms with Gasteiger partial charge in [0.2, 0.25) is 0 Å². The molecule has 0 bridgehead atoms. The second-order valence-corrected chi connectivity index (χ2v) is 5.93. The van der Waals surface area contributed by atoms with Crippen LogP contribution in [0.2, 0.25) is 0 Å². The van der Waals surface area contributed by atoms with Crippen molar-refractivity contribution >= 4 is 22.4 Å². The Kier molecular flexibility index (Phi) is 3.89. The van der Waals surface area contributed by atoms with Gasteiger partial charge in [-0.25, -0.2) is 4.98 Å². The van der Waals surface area contributed by atoms with Crippen molar-refractivity contribution in [1.82, 2.24) is 20.1 Å². The first-order valence-electron chi connectivity index (χ1n) is 8.00. The first-order valence-corrected chi connectivity index (χ1v) is 8.00. The van der Waals surface area contributed by atoms with Crippen molar-refractivity contribution in [1.29, 1.82) is 0 Å². The van der Waals surface area contributed by atoms with Gasteiger partial charge in [0.15, 0.2) is 12.5 Å². The SMILES string of the molecule is COc1ccc2c(CN3C=COC3)nc(Nc3cc(C)[nH]n3)cc2c1. The molecule has 0 aliphatic carbocycles. The van der Waals surface area contributed by atoms with Gasteiger partial charge in [-0.3, -0.25) is 5.10 Å². The Morgan fingerprint density at radius 2 is 2.20 bits per heavy atom. The lowest BCUT2D eigenvalue weighted by Crippen LogP contribution is -2.16. The third-order valence-electron chi connectivity index (χ3n) is 4.04. The van der Waals surface area contributed by atoms with Crippen LogP contribution in [-0.4, -0.2) is 33.9 Å². The molecule has 1 aliphatic rings. The van der Waals surface area contributed by atoms with E-state index in [0.29, 0.717) is 13.3 Å².